The van der Waals surface area contributed by atoms with Gasteiger partial charge in [-0.25, -0.2) is 18.0 Å². The third-order valence-electron chi connectivity index (χ3n) is 3.32. The summed E-state index contributed by atoms with van der Waals surface area (Å²) >= 11 is 3.19. The number of carbonyl (C=O) groups excluding carboxylic acids is 1. The Kier molecular flexibility index (Phi) is 4.75. The van der Waals surface area contributed by atoms with Gasteiger partial charge in [0.1, 0.15) is 11.4 Å². The molecule has 0 spiro atoms. The molecule has 7 heteroatoms. The van der Waals surface area contributed by atoms with E-state index in [2.05, 4.69) is 15.9 Å². The van der Waals surface area contributed by atoms with Crippen molar-refractivity contribution in [2.75, 3.05) is 6.54 Å². The topological polar surface area (TPSA) is 29.5 Å². The van der Waals surface area contributed by atoms with E-state index in [4.69, 9.17) is 4.74 Å². The molecule has 3 nitrogen and oxygen atoms in total. The van der Waals surface area contributed by atoms with Gasteiger partial charge in [-0.1, -0.05) is 15.9 Å². The lowest BCUT2D eigenvalue weighted by Gasteiger charge is -2.32. The average molecular weight is 380 g/mol. The minimum absolute atomic E-state index is 0.130. The fourth-order valence-corrected chi connectivity index (χ4v) is 2.94. The second-order valence-electron chi connectivity index (χ2n) is 6.17. The number of nitrogens with zero attached hydrogens (tertiary/aromatic N) is 1. The van der Waals surface area contributed by atoms with Crippen LogP contribution in [0.1, 0.15) is 43.9 Å². The molecule has 0 fully saturated rings. The van der Waals surface area contributed by atoms with Gasteiger partial charge >= 0.3 is 6.09 Å². The number of fused-ring (bicyclic) bond motifs is 1. The van der Waals surface area contributed by atoms with Crippen LogP contribution in [0.4, 0.5) is 18.0 Å². The van der Waals surface area contributed by atoms with Crippen molar-refractivity contribution in [3.8, 4) is 0 Å². The van der Waals surface area contributed by atoms with Crippen LogP contribution in [0.25, 0.3) is 0 Å². The van der Waals surface area contributed by atoms with E-state index in [1.54, 1.807) is 20.8 Å². The molecular formula is C15H17BrF3NO2. The number of hydrogen-bond acceptors (Lipinski definition) is 2. The maximum atomic E-state index is 14.1. The number of carbonyl (C=O) groups is 1. The highest BCUT2D eigenvalue weighted by atomic mass is 79.9. The maximum absolute atomic E-state index is 14.1. The van der Waals surface area contributed by atoms with E-state index in [9.17, 15) is 18.0 Å². The zero-order valence-corrected chi connectivity index (χ0v) is 14.1. The number of hydrogen-bond donors (Lipinski definition) is 0. The van der Waals surface area contributed by atoms with Crippen LogP contribution in [0.2, 0.25) is 0 Å². The second kappa shape index (κ2) is 6.10. The van der Waals surface area contributed by atoms with Gasteiger partial charge in [0, 0.05) is 11.0 Å². The third-order valence-corrected chi connectivity index (χ3v) is 4.03. The van der Waals surface area contributed by atoms with Crippen molar-refractivity contribution >= 4 is 22.0 Å². The molecule has 22 heavy (non-hydrogen) atoms. The number of benzene rings is 1. The molecule has 1 aliphatic heterocycles. The zero-order valence-electron chi connectivity index (χ0n) is 12.6. The number of halogens is 4. The number of amides is 1. The van der Waals surface area contributed by atoms with E-state index < -0.39 is 29.5 Å². The molecule has 1 heterocycles. The fraction of sp³-hybridized carbons (Fsp3) is 0.533. The first-order chi connectivity index (χ1) is 10.1. The van der Waals surface area contributed by atoms with Crippen molar-refractivity contribution in [3.05, 3.63) is 33.0 Å². The molecule has 0 aliphatic carbocycles. The van der Waals surface area contributed by atoms with Gasteiger partial charge in [-0.3, -0.25) is 0 Å². The predicted molar refractivity (Wildman–Crippen MR) is 79.4 cm³/mol. The Labute approximate surface area is 135 Å². The molecule has 0 atom stereocenters. The molecule has 0 saturated heterocycles. The lowest BCUT2D eigenvalue weighted by atomic mass is 9.96. The minimum atomic E-state index is -2.87. The zero-order chi connectivity index (χ0) is 16.7. The molecule has 0 aromatic heterocycles. The van der Waals surface area contributed by atoms with Gasteiger partial charge in [-0.15, -0.1) is 0 Å². The van der Waals surface area contributed by atoms with Gasteiger partial charge in [-0.2, -0.15) is 0 Å². The average Bonchev–Trinajstić information content (AvgIpc) is 2.40. The van der Waals surface area contributed by atoms with Crippen molar-refractivity contribution in [2.45, 2.75) is 45.8 Å². The van der Waals surface area contributed by atoms with Crippen molar-refractivity contribution in [1.82, 2.24) is 4.90 Å². The molecule has 122 valence electrons. The van der Waals surface area contributed by atoms with Crippen LogP contribution in [0.3, 0.4) is 0 Å². The summed E-state index contributed by atoms with van der Waals surface area (Å²) < 4.78 is 45.5. The van der Waals surface area contributed by atoms with Gasteiger partial charge < -0.3 is 9.64 Å². The Morgan fingerprint density at radius 3 is 2.55 bits per heavy atom. The van der Waals surface area contributed by atoms with Crippen molar-refractivity contribution in [3.63, 3.8) is 0 Å². The summed E-state index contributed by atoms with van der Waals surface area (Å²) in [6.45, 7) is 5.64. The minimum Gasteiger partial charge on any atom is -0.444 e. The fourth-order valence-electron chi connectivity index (χ4n) is 2.33. The van der Waals surface area contributed by atoms with Crippen LogP contribution in [-0.4, -0.2) is 23.1 Å². The number of alkyl halides is 2. The van der Waals surface area contributed by atoms with E-state index in [0.29, 0.717) is 10.0 Å². The highest BCUT2D eigenvalue weighted by molar-refractivity contribution is 9.10. The van der Waals surface area contributed by atoms with Crippen molar-refractivity contribution < 1.29 is 22.7 Å². The van der Waals surface area contributed by atoms with E-state index >= 15 is 0 Å². The quantitative estimate of drug-likeness (QED) is 0.699. The number of ether oxygens (including phenoxy) is 1. The SMILES string of the molecule is CC(C)(C)OC(=O)N1CCc2c(F)c(C(F)F)cc(Br)c2C1. The van der Waals surface area contributed by atoms with Crippen LogP contribution >= 0.6 is 15.9 Å². The van der Waals surface area contributed by atoms with Crippen LogP contribution in [0, 0.1) is 5.82 Å². The summed E-state index contributed by atoms with van der Waals surface area (Å²) in [5.74, 6) is -0.878. The lowest BCUT2D eigenvalue weighted by molar-refractivity contribution is 0.0221. The van der Waals surface area contributed by atoms with Crippen molar-refractivity contribution in [2.24, 2.45) is 0 Å². The molecule has 1 aromatic rings. The number of rotatable bonds is 1. The predicted octanol–water partition coefficient (Wildman–Crippen LogP) is 4.82. The van der Waals surface area contributed by atoms with E-state index in [-0.39, 0.29) is 25.1 Å². The lowest BCUT2D eigenvalue weighted by Crippen LogP contribution is -2.40. The second-order valence-corrected chi connectivity index (χ2v) is 7.03. The van der Waals surface area contributed by atoms with Crippen LogP contribution < -0.4 is 0 Å². The first-order valence-electron chi connectivity index (χ1n) is 6.86. The molecule has 0 N–H and O–H groups in total. The highest BCUT2D eigenvalue weighted by Gasteiger charge is 2.30. The molecule has 2 rings (SSSR count). The molecular weight excluding hydrogens is 363 g/mol. The smallest absolute Gasteiger partial charge is 0.410 e. The maximum Gasteiger partial charge on any atom is 0.410 e. The largest absolute Gasteiger partial charge is 0.444 e. The highest BCUT2D eigenvalue weighted by Crippen LogP contribution is 2.35. The summed E-state index contributed by atoms with van der Waals surface area (Å²) in [6, 6.07) is 1.08. The van der Waals surface area contributed by atoms with E-state index in [1.807, 2.05) is 0 Å². The Balaban J connectivity index is 2.28. The molecule has 0 unspecified atom stereocenters. The molecule has 1 aromatic carbocycles. The molecule has 0 saturated carbocycles. The summed E-state index contributed by atoms with van der Waals surface area (Å²) in [5.41, 5.74) is -0.487. The van der Waals surface area contributed by atoms with Gasteiger partial charge in [0.05, 0.1) is 12.1 Å². The standard InChI is InChI=1S/C15H17BrF3NO2/c1-15(2,3)22-14(21)20-5-4-8-10(7-20)11(16)6-9(12(8)17)13(18)19/h6,13H,4-5,7H2,1-3H3. The summed E-state index contributed by atoms with van der Waals surface area (Å²) in [6.07, 6.45) is -3.19. The summed E-state index contributed by atoms with van der Waals surface area (Å²) in [5, 5.41) is 0. The van der Waals surface area contributed by atoms with Crippen LogP contribution in [0.5, 0.6) is 0 Å². The third kappa shape index (κ3) is 3.56. The molecule has 0 radical (unpaired) electrons. The molecule has 1 amide bonds. The Hall–Kier alpha value is -1.24. The summed E-state index contributed by atoms with van der Waals surface area (Å²) in [7, 11) is 0. The Bertz CT molecular complexity index is 599. The molecule has 0 bridgehead atoms. The summed E-state index contributed by atoms with van der Waals surface area (Å²) in [4.78, 5) is 13.5. The van der Waals surface area contributed by atoms with Crippen LogP contribution in [0.15, 0.2) is 10.5 Å². The normalized spacial score (nSPS) is 15.0. The van der Waals surface area contributed by atoms with Gasteiger partial charge in [-0.05, 0) is 44.4 Å². The molecule has 1 aliphatic rings. The van der Waals surface area contributed by atoms with Crippen molar-refractivity contribution in [1.29, 1.82) is 0 Å². The monoisotopic (exact) mass is 379 g/mol. The van der Waals surface area contributed by atoms with E-state index in [1.165, 1.54) is 4.90 Å². The van der Waals surface area contributed by atoms with E-state index in [0.717, 1.165) is 6.07 Å². The first kappa shape index (κ1) is 17.1. The Morgan fingerprint density at radius 1 is 1.36 bits per heavy atom. The Morgan fingerprint density at radius 2 is 2.00 bits per heavy atom. The first-order valence-corrected chi connectivity index (χ1v) is 7.65. The van der Waals surface area contributed by atoms with Crippen LogP contribution in [-0.2, 0) is 17.7 Å². The van der Waals surface area contributed by atoms with Gasteiger partial charge in [0.15, 0.2) is 0 Å². The van der Waals surface area contributed by atoms with Gasteiger partial charge in [0.2, 0.25) is 0 Å². The van der Waals surface area contributed by atoms with Gasteiger partial charge in [0.25, 0.3) is 6.43 Å².